The Kier molecular flexibility index (Phi) is 13.3. The molecule has 2 rings (SSSR count). The molecule has 0 bridgehead atoms. The number of aromatic nitrogens is 2. The van der Waals surface area contributed by atoms with Crippen LogP contribution in [0.4, 0.5) is 0 Å². The molecule has 0 aliphatic heterocycles. The molecule has 11 nitrogen and oxygen atoms in total. The van der Waals surface area contributed by atoms with Crippen molar-refractivity contribution in [2.24, 2.45) is 0 Å². The van der Waals surface area contributed by atoms with Crippen LogP contribution in [-0.4, -0.2) is 58.2 Å². The van der Waals surface area contributed by atoms with E-state index in [1.54, 1.807) is 30.3 Å². The average molecular weight is 549 g/mol. The van der Waals surface area contributed by atoms with Crippen LogP contribution in [0.1, 0.15) is 64.0 Å². The number of H-pyrrole nitrogens is 1. The lowest BCUT2D eigenvalue weighted by molar-refractivity contribution is -0.100. The molecule has 3 atom stereocenters. The molecule has 0 saturated heterocycles. The van der Waals surface area contributed by atoms with E-state index in [9.17, 15) is 14.4 Å². The molecule has 0 radical (unpaired) electrons. The fourth-order valence-corrected chi connectivity index (χ4v) is 5.22. The summed E-state index contributed by atoms with van der Waals surface area (Å²) in [5, 5.41) is 8.92. The Morgan fingerprint density at radius 1 is 1.08 bits per heavy atom. The number of hydrogen-bond acceptors (Lipinski definition) is 9. The summed E-state index contributed by atoms with van der Waals surface area (Å²) in [6.07, 6.45) is 0.542. The highest BCUT2D eigenvalue weighted by Gasteiger charge is 2.29. The second kappa shape index (κ2) is 16.2. The highest BCUT2D eigenvalue weighted by molar-refractivity contribution is 7.44. The second-order valence-electron chi connectivity index (χ2n) is 8.95. The van der Waals surface area contributed by atoms with E-state index >= 15 is 0 Å². The summed E-state index contributed by atoms with van der Waals surface area (Å²) >= 11 is 0. The highest BCUT2D eigenvalue weighted by atomic mass is 31.2. The summed E-state index contributed by atoms with van der Waals surface area (Å²) in [5.41, 5.74) is -0.885. The molecule has 1 unspecified atom stereocenters. The van der Waals surface area contributed by atoms with Crippen molar-refractivity contribution in [3.8, 4) is 6.07 Å². The molecular formula is C26H37N4O7P. The Hall–Kier alpha value is -2.87. The molecule has 1 N–H and O–H groups in total. The van der Waals surface area contributed by atoms with Crippen molar-refractivity contribution in [1.29, 1.82) is 5.26 Å². The summed E-state index contributed by atoms with van der Waals surface area (Å²) in [4.78, 5) is 38.9. The van der Waals surface area contributed by atoms with Crippen LogP contribution in [0, 0.1) is 11.3 Å². The first-order valence-electron chi connectivity index (χ1n) is 12.6. The normalized spacial score (nSPS) is 13.9. The van der Waals surface area contributed by atoms with Crippen LogP contribution in [0.25, 0.3) is 0 Å². The number of nitrogens with one attached hydrogen (secondary N) is 1. The van der Waals surface area contributed by atoms with E-state index in [0.717, 1.165) is 0 Å². The Morgan fingerprint density at radius 2 is 1.76 bits per heavy atom. The number of carbonyl (C=O) groups excluding carboxylic acids is 1. The van der Waals surface area contributed by atoms with E-state index < -0.39 is 38.1 Å². The molecule has 0 spiro atoms. The number of ether oxygens (including phenoxy) is 2. The van der Waals surface area contributed by atoms with Gasteiger partial charge in [0.1, 0.15) is 6.61 Å². The van der Waals surface area contributed by atoms with E-state index in [1.165, 1.54) is 16.8 Å². The van der Waals surface area contributed by atoms with Gasteiger partial charge < -0.3 is 18.5 Å². The van der Waals surface area contributed by atoms with Gasteiger partial charge in [-0.25, -0.2) is 14.3 Å². The largest absolute Gasteiger partial charge is 0.457 e. The zero-order chi connectivity index (χ0) is 28.1. The van der Waals surface area contributed by atoms with Gasteiger partial charge in [-0.15, -0.1) is 0 Å². The van der Waals surface area contributed by atoms with Crippen LogP contribution in [-0.2, 0) is 18.5 Å². The quantitative estimate of drug-likeness (QED) is 0.188. The fraction of sp³-hybridized carbons (Fsp3) is 0.538. The molecule has 38 heavy (non-hydrogen) atoms. The predicted octanol–water partition coefficient (Wildman–Crippen LogP) is 3.98. The molecule has 2 aromatic rings. The van der Waals surface area contributed by atoms with Gasteiger partial charge in [-0.3, -0.25) is 14.3 Å². The summed E-state index contributed by atoms with van der Waals surface area (Å²) < 4.78 is 27.0. The van der Waals surface area contributed by atoms with Gasteiger partial charge in [-0.1, -0.05) is 25.1 Å². The summed E-state index contributed by atoms with van der Waals surface area (Å²) in [6, 6.07) is 12.0. The number of nitrogens with zero attached hydrogens (tertiary/aromatic N) is 3. The van der Waals surface area contributed by atoms with Crippen molar-refractivity contribution < 1.29 is 23.3 Å². The Morgan fingerprint density at radius 3 is 2.34 bits per heavy atom. The van der Waals surface area contributed by atoms with Crippen LogP contribution in [0.3, 0.4) is 0 Å². The third-order valence-corrected chi connectivity index (χ3v) is 7.44. The van der Waals surface area contributed by atoms with E-state index in [-0.39, 0.29) is 38.3 Å². The number of aromatic amines is 1. The molecule has 0 aliphatic rings. The smallest absolute Gasteiger partial charge is 0.338 e. The average Bonchev–Trinajstić information content (AvgIpc) is 2.88. The van der Waals surface area contributed by atoms with Crippen molar-refractivity contribution in [3.63, 3.8) is 0 Å². The molecule has 0 saturated carbocycles. The van der Waals surface area contributed by atoms with Crippen molar-refractivity contribution in [2.45, 2.75) is 71.9 Å². The van der Waals surface area contributed by atoms with Gasteiger partial charge in [0.15, 0.2) is 6.23 Å². The molecule has 1 aromatic heterocycles. The predicted molar refractivity (Wildman–Crippen MR) is 143 cm³/mol. The van der Waals surface area contributed by atoms with E-state index in [0.29, 0.717) is 12.0 Å². The lowest BCUT2D eigenvalue weighted by atomic mass is 10.2. The Bertz CT molecular complexity index is 1140. The summed E-state index contributed by atoms with van der Waals surface area (Å²) in [5.74, 6) is -0.570. The van der Waals surface area contributed by atoms with Crippen LogP contribution >= 0.6 is 8.53 Å². The van der Waals surface area contributed by atoms with Gasteiger partial charge in [-0.2, -0.15) is 5.26 Å². The van der Waals surface area contributed by atoms with Crippen molar-refractivity contribution in [1.82, 2.24) is 14.2 Å². The van der Waals surface area contributed by atoms with Crippen LogP contribution in [0.5, 0.6) is 0 Å². The third kappa shape index (κ3) is 9.78. The van der Waals surface area contributed by atoms with Gasteiger partial charge in [0, 0.05) is 24.3 Å². The SMILES string of the molecule is CC[C@H](COP(OCCC#N)N(C(C)C)C(C)C)O[C@H](COC(=O)c1ccccc1)n1ccc(=O)[nH]c1=O. The highest BCUT2D eigenvalue weighted by Crippen LogP contribution is 2.46. The van der Waals surface area contributed by atoms with E-state index in [1.807, 2.05) is 34.6 Å². The monoisotopic (exact) mass is 548 g/mol. The number of esters is 1. The number of benzene rings is 1. The molecule has 1 aromatic carbocycles. The molecule has 208 valence electrons. The number of rotatable bonds is 16. The van der Waals surface area contributed by atoms with Gasteiger partial charge in [0.2, 0.25) is 0 Å². The maximum atomic E-state index is 12.5. The minimum absolute atomic E-state index is 0.131. The Balaban J connectivity index is 2.20. The first-order chi connectivity index (χ1) is 18.2. The Labute approximate surface area is 224 Å². The van der Waals surface area contributed by atoms with Gasteiger partial charge >= 0.3 is 11.7 Å². The topological polar surface area (TPSA) is 136 Å². The summed E-state index contributed by atoms with van der Waals surface area (Å²) in [7, 11) is -1.49. The van der Waals surface area contributed by atoms with Crippen LogP contribution < -0.4 is 11.2 Å². The maximum Gasteiger partial charge on any atom is 0.338 e. The molecular weight excluding hydrogens is 511 g/mol. The van der Waals surface area contributed by atoms with Crippen LogP contribution in [0.15, 0.2) is 52.2 Å². The zero-order valence-corrected chi connectivity index (χ0v) is 23.4. The van der Waals surface area contributed by atoms with Crippen molar-refractivity contribution in [3.05, 3.63) is 69.0 Å². The van der Waals surface area contributed by atoms with Crippen LogP contribution in [0.2, 0.25) is 0 Å². The van der Waals surface area contributed by atoms with E-state index in [4.69, 9.17) is 23.8 Å². The van der Waals surface area contributed by atoms with E-state index in [2.05, 4.69) is 15.7 Å². The third-order valence-electron chi connectivity index (χ3n) is 5.37. The standard InChI is InChI=1S/C26H37N4O7P/c1-6-22(17-36-38(35-16-10-14-27)30(19(2)3)20(4)5)37-24(29-15-13-23(31)28-26(29)33)18-34-25(32)21-11-8-7-9-12-21/h7-9,11-13,15,19-20,22,24H,6,10,16-18H2,1-5H3,(H,28,31,33)/t22-,24-,38?/m1/s1. The number of nitriles is 1. The van der Waals surface area contributed by atoms with Crippen molar-refractivity contribution in [2.75, 3.05) is 19.8 Å². The zero-order valence-electron chi connectivity index (χ0n) is 22.5. The molecule has 1 heterocycles. The first-order valence-corrected chi connectivity index (χ1v) is 13.7. The van der Waals surface area contributed by atoms with Gasteiger partial charge in [0.05, 0.1) is 37.4 Å². The van der Waals surface area contributed by atoms with Gasteiger partial charge in [0.25, 0.3) is 14.1 Å². The molecule has 0 fully saturated rings. The number of carbonyl (C=O) groups is 1. The summed E-state index contributed by atoms with van der Waals surface area (Å²) in [6.45, 7) is 10.2. The minimum atomic E-state index is -1.49. The second-order valence-corrected chi connectivity index (χ2v) is 10.4. The fourth-order valence-electron chi connectivity index (χ4n) is 3.58. The lowest BCUT2D eigenvalue weighted by Crippen LogP contribution is -2.38. The molecule has 12 heteroatoms. The maximum absolute atomic E-state index is 12.5. The lowest BCUT2D eigenvalue weighted by Gasteiger charge is -2.36. The number of hydrogen-bond donors (Lipinski definition) is 1. The molecule has 0 amide bonds. The molecule has 0 aliphatic carbocycles. The van der Waals surface area contributed by atoms with Gasteiger partial charge in [-0.05, 0) is 46.2 Å². The van der Waals surface area contributed by atoms with Crippen molar-refractivity contribution >= 4 is 14.5 Å². The first kappa shape index (κ1) is 31.3. The minimum Gasteiger partial charge on any atom is -0.457 e.